The number of hydrogen-bond acceptors (Lipinski definition) is 7. The number of oxime groups is 1. The Labute approximate surface area is 113 Å². The largest absolute Gasteiger partial charge is 0.375 e. The maximum Gasteiger partial charge on any atom is 0.321 e. The number of nitro benzene ring substituents is 2. The lowest BCUT2D eigenvalue weighted by Crippen LogP contribution is -2.17. The topological polar surface area (TPSA) is 117 Å². The van der Waals surface area contributed by atoms with E-state index in [2.05, 4.69) is 5.16 Å². The zero-order valence-corrected chi connectivity index (χ0v) is 10.4. The Balaban J connectivity index is 2.22. The molecule has 9 nitrogen and oxygen atoms in total. The van der Waals surface area contributed by atoms with E-state index in [1.807, 2.05) is 0 Å². The van der Waals surface area contributed by atoms with Gasteiger partial charge >= 0.3 is 5.69 Å². The molecule has 20 heavy (non-hydrogen) atoms. The molecule has 0 amide bonds. The van der Waals surface area contributed by atoms with Crippen LogP contribution in [0.5, 0.6) is 5.75 Å². The van der Waals surface area contributed by atoms with E-state index in [0.29, 0.717) is 25.3 Å². The summed E-state index contributed by atoms with van der Waals surface area (Å²) in [6.07, 6.45) is 1.51. The number of non-ortho nitro benzene ring substituents is 1. The Morgan fingerprint density at radius 1 is 1.25 bits per heavy atom. The normalized spacial score (nSPS) is 16.9. The van der Waals surface area contributed by atoms with Gasteiger partial charge in [0.25, 0.3) is 5.69 Å². The lowest BCUT2D eigenvalue weighted by molar-refractivity contribution is -0.394. The molecule has 0 N–H and O–H groups in total. The molecule has 0 saturated carbocycles. The van der Waals surface area contributed by atoms with Gasteiger partial charge in [0.15, 0.2) is 0 Å². The van der Waals surface area contributed by atoms with Crippen LogP contribution in [-0.2, 0) is 4.74 Å². The molecule has 0 bridgehead atoms. The van der Waals surface area contributed by atoms with E-state index in [-0.39, 0.29) is 11.4 Å². The molecule has 1 fully saturated rings. The van der Waals surface area contributed by atoms with E-state index in [0.717, 1.165) is 24.6 Å². The third-order valence-electron chi connectivity index (χ3n) is 2.65. The predicted molar refractivity (Wildman–Crippen MR) is 67.9 cm³/mol. The fourth-order valence-electron chi connectivity index (χ4n) is 1.67. The molecule has 0 radical (unpaired) electrons. The van der Waals surface area contributed by atoms with Crippen LogP contribution in [0.3, 0.4) is 0 Å². The minimum absolute atomic E-state index is 0.140. The average Bonchev–Trinajstić information content (AvgIpc) is 2.45. The van der Waals surface area contributed by atoms with Crippen LogP contribution in [0.4, 0.5) is 11.4 Å². The van der Waals surface area contributed by atoms with Crippen LogP contribution < -0.4 is 4.84 Å². The SMILES string of the molecule is O=[N+]([O-])c1ccc(O/N=C2\CCCOC2)c([N+](=O)[O-])c1. The summed E-state index contributed by atoms with van der Waals surface area (Å²) in [6, 6.07) is 3.12. The van der Waals surface area contributed by atoms with Crippen molar-refractivity contribution in [3.8, 4) is 5.75 Å². The first-order chi connectivity index (χ1) is 9.58. The van der Waals surface area contributed by atoms with Crippen molar-refractivity contribution < 1.29 is 19.4 Å². The summed E-state index contributed by atoms with van der Waals surface area (Å²) >= 11 is 0. The van der Waals surface area contributed by atoms with Gasteiger partial charge in [0.1, 0.15) is 0 Å². The number of rotatable bonds is 4. The van der Waals surface area contributed by atoms with Crippen LogP contribution in [0.15, 0.2) is 23.4 Å². The predicted octanol–water partition coefficient (Wildman–Crippen LogP) is 2.05. The Morgan fingerprint density at radius 3 is 2.65 bits per heavy atom. The molecule has 1 aromatic rings. The molecule has 106 valence electrons. The summed E-state index contributed by atoms with van der Waals surface area (Å²) in [5.41, 5.74) is -0.234. The summed E-state index contributed by atoms with van der Waals surface area (Å²) in [5, 5.41) is 25.3. The Kier molecular flexibility index (Phi) is 4.20. The molecule has 0 unspecified atom stereocenters. The Hall–Kier alpha value is -2.55. The number of benzene rings is 1. The average molecular weight is 281 g/mol. The summed E-state index contributed by atoms with van der Waals surface area (Å²) in [4.78, 5) is 25.0. The van der Waals surface area contributed by atoms with Gasteiger partial charge in [0, 0.05) is 12.7 Å². The van der Waals surface area contributed by atoms with Crippen molar-refractivity contribution >= 4 is 17.1 Å². The second-order valence-corrected chi connectivity index (χ2v) is 4.07. The minimum atomic E-state index is -0.750. The van der Waals surface area contributed by atoms with Crippen LogP contribution in [0.25, 0.3) is 0 Å². The monoisotopic (exact) mass is 281 g/mol. The van der Waals surface area contributed by atoms with Crippen molar-refractivity contribution in [2.75, 3.05) is 13.2 Å². The lowest BCUT2D eigenvalue weighted by Gasteiger charge is -2.12. The highest BCUT2D eigenvalue weighted by molar-refractivity contribution is 5.85. The van der Waals surface area contributed by atoms with Gasteiger partial charge in [0.05, 0.1) is 28.2 Å². The smallest absolute Gasteiger partial charge is 0.321 e. The van der Waals surface area contributed by atoms with E-state index in [4.69, 9.17) is 9.57 Å². The van der Waals surface area contributed by atoms with E-state index in [1.54, 1.807) is 0 Å². The zero-order chi connectivity index (χ0) is 14.5. The first-order valence-corrected chi connectivity index (χ1v) is 5.81. The molecule has 0 aromatic heterocycles. The zero-order valence-electron chi connectivity index (χ0n) is 10.4. The molecule has 1 saturated heterocycles. The Bertz CT molecular complexity index is 563. The van der Waals surface area contributed by atoms with Crippen molar-refractivity contribution in [3.05, 3.63) is 38.4 Å². The van der Waals surface area contributed by atoms with Crippen molar-refractivity contribution in [2.45, 2.75) is 12.8 Å². The first kappa shape index (κ1) is 13.9. The van der Waals surface area contributed by atoms with Gasteiger partial charge in [-0.25, -0.2) is 0 Å². The summed E-state index contributed by atoms with van der Waals surface area (Å²) in [5.74, 6) is -0.140. The van der Waals surface area contributed by atoms with Gasteiger partial charge in [0.2, 0.25) is 5.75 Å². The summed E-state index contributed by atoms with van der Waals surface area (Å²) in [6.45, 7) is 0.970. The van der Waals surface area contributed by atoms with Crippen LogP contribution in [0.2, 0.25) is 0 Å². The standard InChI is InChI=1S/C11H11N3O6/c15-13(16)9-3-4-11(10(6-9)14(17)18)20-12-8-2-1-5-19-7-8/h3-4,6H,1-2,5,7H2/b12-8+. The van der Waals surface area contributed by atoms with Crippen LogP contribution in [-0.4, -0.2) is 28.8 Å². The molecule has 1 aliphatic rings. The van der Waals surface area contributed by atoms with E-state index in [9.17, 15) is 20.2 Å². The van der Waals surface area contributed by atoms with Crippen molar-refractivity contribution in [1.29, 1.82) is 0 Å². The third kappa shape index (κ3) is 3.26. The van der Waals surface area contributed by atoms with E-state index >= 15 is 0 Å². The number of nitro groups is 2. The second-order valence-electron chi connectivity index (χ2n) is 4.07. The fourth-order valence-corrected chi connectivity index (χ4v) is 1.67. The highest BCUT2D eigenvalue weighted by Crippen LogP contribution is 2.31. The molecule has 0 aliphatic carbocycles. The van der Waals surface area contributed by atoms with Crippen LogP contribution in [0.1, 0.15) is 12.8 Å². The quantitative estimate of drug-likeness (QED) is 0.615. The van der Waals surface area contributed by atoms with Crippen molar-refractivity contribution in [2.24, 2.45) is 5.16 Å². The molecule has 1 heterocycles. The number of hydrogen-bond donors (Lipinski definition) is 0. The van der Waals surface area contributed by atoms with Crippen LogP contribution >= 0.6 is 0 Å². The lowest BCUT2D eigenvalue weighted by atomic mass is 10.2. The second kappa shape index (κ2) is 6.06. The van der Waals surface area contributed by atoms with Crippen LogP contribution in [0, 0.1) is 20.2 Å². The molecular formula is C11H11N3O6. The van der Waals surface area contributed by atoms with Gasteiger partial charge in [-0.2, -0.15) is 0 Å². The molecule has 9 heteroatoms. The maximum atomic E-state index is 10.9. The number of nitrogens with zero attached hydrogens (tertiary/aromatic N) is 3. The van der Waals surface area contributed by atoms with Gasteiger partial charge < -0.3 is 9.57 Å². The van der Waals surface area contributed by atoms with Crippen molar-refractivity contribution in [1.82, 2.24) is 0 Å². The summed E-state index contributed by atoms with van der Waals surface area (Å²) < 4.78 is 5.16. The third-order valence-corrected chi connectivity index (χ3v) is 2.65. The van der Waals surface area contributed by atoms with Crippen molar-refractivity contribution in [3.63, 3.8) is 0 Å². The molecule has 0 spiro atoms. The molecule has 1 aliphatic heterocycles. The van der Waals surface area contributed by atoms with Gasteiger partial charge in [-0.3, -0.25) is 20.2 Å². The van der Waals surface area contributed by atoms with E-state index in [1.165, 1.54) is 0 Å². The highest BCUT2D eigenvalue weighted by atomic mass is 16.7. The van der Waals surface area contributed by atoms with Gasteiger partial charge in [-0.1, -0.05) is 5.16 Å². The molecule has 2 rings (SSSR count). The first-order valence-electron chi connectivity index (χ1n) is 5.81. The Morgan fingerprint density at radius 2 is 2.05 bits per heavy atom. The maximum absolute atomic E-state index is 10.9. The number of ether oxygens (including phenoxy) is 1. The fraction of sp³-hybridized carbons (Fsp3) is 0.364. The summed E-state index contributed by atoms with van der Waals surface area (Å²) in [7, 11) is 0. The minimum Gasteiger partial charge on any atom is -0.375 e. The van der Waals surface area contributed by atoms with Gasteiger partial charge in [-0.15, -0.1) is 0 Å². The molecule has 0 atom stereocenters. The molecule has 1 aromatic carbocycles. The highest BCUT2D eigenvalue weighted by Gasteiger charge is 2.21. The van der Waals surface area contributed by atoms with E-state index < -0.39 is 15.5 Å². The molecular weight excluding hydrogens is 270 g/mol. The van der Waals surface area contributed by atoms with Gasteiger partial charge in [-0.05, 0) is 18.9 Å².